The number of nitrogens with zero attached hydrogens (tertiary/aromatic N) is 4. The fourth-order valence-electron chi connectivity index (χ4n) is 2.24. The Morgan fingerprint density at radius 2 is 1.56 bits per heavy atom. The number of aromatic nitrogens is 2. The van der Waals surface area contributed by atoms with Crippen LogP contribution in [0, 0.1) is 19.7 Å². The van der Waals surface area contributed by atoms with Crippen LogP contribution in [0.3, 0.4) is 0 Å². The number of esters is 1. The minimum Gasteiger partial charge on any atom is -0.507 e. The van der Waals surface area contributed by atoms with Gasteiger partial charge in [-0.2, -0.15) is 5.11 Å². The quantitative estimate of drug-likeness (QED) is 0.414. The maximum Gasteiger partial charge on any atom is 0.381 e. The summed E-state index contributed by atoms with van der Waals surface area (Å²) in [7, 11) is 0. The molecule has 0 aliphatic carbocycles. The summed E-state index contributed by atoms with van der Waals surface area (Å²) in [4.78, 5) is 19.8. The predicted octanol–water partition coefficient (Wildman–Crippen LogP) is 4.57. The van der Waals surface area contributed by atoms with Gasteiger partial charge in [0.2, 0.25) is 5.82 Å². The van der Waals surface area contributed by atoms with E-state index in [2.05, 4.69) is 20.2 Å². The van der Waals surface area contributed by atoms with Gasteiger partial charge in [0.25, 0.3) is 0 Å². The Hall–Kier alpha value is -3.68. The van der Waals surface area contributed by atoms with E-state index in [0.717, 1.165) is 0 Å². The Bertz CT molecular complexity index is 979. The molecular formula is C19H15FN4O3. The van der Waals surface area contributed by atoms with Crippen molar-refractivity contribution in [2.24, 2.45) is 10.2 Å². The lowest BCUT2D eigenvalue weighted by molar-refractivity contribution is 0.0721. The lowest BCUT2D eigenvalue weighted by Crippen LogP contribution is -2.12. The zero-order valence-electron chi connectivity index (χ0n) is 14.5. The van der Waals surface area contributed by atoms with Crippen molar-refractivity contribution in [3.05, 3.63) is 71.6 Å². The largest absolute Gasteiger partial charge is 0.507 e. The van der Waals surface area contributed by atoms with Gasteiger partial charge in [-0.15, -0.1) is 5.11 Å². The standard InChI is InChI=1S/C19H15FN4O3/c1-11-7-14(8-12(2)17(11)25)23-24-15-9-21-18(22-10-15)19(26)27-16-5-3-13(20)4-6-16/h3-10,25H,1-2H3. The smallest absolute Gasteiger partial charge is 0.381 e. The maximum absolute atomic E-state index is 12.9. The molecule has 0 saturated heterocycles. The number of hydrogen-bond acceptors (Lipinski definition) is 7. The van der Waals surface area contributed by atoms with Crippen molar-refractivity contribution in [3.63, 3.8) is 0 Å². The van der Waals surface area contributed by atoms with Crippen LogP contribution >= 0.6 is 0 Å². The second-order valence-electron chi connectivity index (χ2n) is 5.74. The lowest BCUT2D eigenvalue weighted by atomic mass is 10.1. The molecule has 0 aliphatic rings. The predicted molar refractivity (Wildman–Crippen MR) is 95.1 cm³/mol. The first-order valence-electron chi connectivity index (χ1n) is 7.94. The summed E-state index contributed by atoms with van der Waals surface area (Å²) < 4.78 is 17.9. The van der Waals surface area contributed by atoms with Crippen LogP contribution in [-0.2, 0) is 0 Å². The molecule has 3 rings (SSSR count). The van der Waals surface area contributed by atoms with Crippen LogP contribution in [0.2, 0.25) is 0 Å². The van der Waals surface area contributed by atoms with E-state index >= 15 is 0 Å². The summed E-state index contributed by atoms with van der Waals surface area (Å²) in [6, 6.07) is 8.41. The Morgan fingerprint density at radius 1 is 1.00 bits per heavy atom. The number of phenols is 1. The summed E-state index contributed by atoms with van der Waals surface area (Å²) in [6.07, 6.45) is 2.66. The highest BCUT2D eigenvalue weighted by molar-refractivity contribution is 5.87. The molecule has 1 N–H and O–H groups in total. The second-order valence-corrected chi connectivity index (χ2v) is 5.74. The number of aromatic hydroxyl groups is 1. The van der Waals surface area contributed by atoms with Crippen LogP contribution in [0.4, 0.5) is 15.8 Å². The van der Waals surface area contributed by atoms with Crippen molar-refractivity contribution in [2.75, 3.05) is 0 Å². The molecule has 0 fully saturated rings. The number of phenolic OH excluding ortho intramolecular Hbond substituents is 1. The Balaban J connectivity index is 1.69. The number of hydrogen-bond donors (Lipinski definition) is 1. The minimum absolute atomic E-state index is 0.158. The highest BCUT2D eigenvalue weighted by atomic mass is 19.1. The van der Waals surface area contributed by atoms with Crippen molar-refractivity contribution in [3.8, 4) is 11.5 Å². The molecule has 1 aromatic heterocycles. The van der Waals surface area contributed by atoms with Gasteiger partial charge >= 0.3 is 5.97 Å². The first-order valence-corrected chi connectivity index (χ1v) is 7.94. The Kier molecular flexibility index (Phi) is 5.16. The van der Waals surface area contributed by atoms with E-state index in [0.29, 0.717) is 22.5 Å². The fraction of sp³-hybridized carbons (Fsp3) is 0.105. The highest BCUT2D eigenvalue weighted by Gasteiger charge is 2.12. The van der Waals surface area contributed by atoms with Crippen LogP contribution in [-0.4, -0.2) is 21.0 Å². The molecule has 27 heavy (non-hydrogen) atoms. The van der Waals surface area contributed by atoms with Crippen molar-refractivity contribution < 1.29 is 19.0 Å². The molecule has 0 bridgehead atoms. The van der Waals surface area contributed by atoms with Gasteiger partial charge < -0.3 is 9.84 Å². The molecule has 0 atom stereocenters. The molecule has 3 aromatic rings. The molecule has 0 amide bonds. The van der Waals surface area contributed by atoms with E-state index in [4.69, 9.17) is 4.74 Å². The van der Waals surface area contributed by atoms with Gasteiger partial charge in [0.05, 0.1) is 18.1 Å². The molecule has 1 heterocycles. The molecular weight excluding hydrogens is 351 g/mol. The molecule has 0 spiro atoms. The van der Waals surface area contributed by atoms with Crippen LogP contribution in [0.15, 0.2) is 59.0 Å². The van der Waals surface area contributed by atoms with Gasteiger partial charge in [0.15, 0.2) is 0 Å². The number of benzene rings is 2. The molecule has 0 saturated carbocycles. The molecule has 0 aliphatic heterocycles. The molecule has 7 nitrogen and oxygen atoms in total. The number of carbonyl (C=O) groups excluding carboxylic acids is 1. The summed E-state index contributed by atoms with van der Waals surface area (Å²) >= 11 is 0. The van der Waals surface area contributed by atoms with Gasteiger partial charge in [0, 0.05) is 0 Å². The van der Waals surface area contributed by atoms with Crippen LogP contribution in [0.1, 0.15) is 21.7 Å². The highest BCUT2D eigenvalue weighted by Crippen LogP contribution is 2.28. The first-order chi connectivity index (χ1) is 12.9. The zero-order valence-corrected chi connectivity index (χ0v) is 14.5. The summed E-state index contributed by atoms with van der Waals surface area (Å²) in [6.45, 7) is 3.54. The topological polar surface area (TPSA) is 97.0 Å². The summed E-state index contributed by atoms with van der Waals surface area (Å²) in [5.41, 5.74) is 2.30. The lowest BCUT2D eigenvalue weighted by Gasteiger charge is -2.04. The molecule has 0 radical (unpaired) electrons. The maximum atomic E-state index is 12.9. The zero-order chi connectivity index (χ0) is 19.4. The van der Waals surface area contributed by atoms with Crippen molar-refractivity contribution in [2.45, 2.75) is 13.8 Å². The van der Waals surface area contributed by atoms with Crippen molar-refractivity contribution >= 4 is 17.3 Å². The first kappa shape index (κ1) is 18.1. The number of aryl methyl sites for hydroxylation is 2. The van der Waals surface area contributed by atoms with E-state index in [1.165, 1.54) is 36.7 Å². The molecule has 0 unspecified atom stereocenters. The number of ether oxygens (including phenoxy) is 1. The van der Waals surface area contributed by atoms with Gasteiger partial charge in [-0.1, -0.05) is 0 Å². The third-order valence-electron chi connectivity index (χ3n) is 3.60. The van der Waals surface area contributed by atoms with E-state index < -0.39 is 11.8 Å². The average Bonchev–Trinajstić information content (AvgIpc) is 2.66. The minimum atomic E-state index is -0.769. The average molecular weight is 366 g/mol. The normalized spacial score (nSPS) is 10.9. The molecule has 8 heteroatoms. The van der Waals surface area contributed by atoms with E-state index in [9.17, 15) is 14.3 Å². The van der Waals surface area contributed by atoms with Crippen LogP contribution in [0.5, 0.6) is 11.5 Å². The van der Waals surface area contributed by atoms with E-state index in [1.54, 1.807) is 26.0 Å². The molecule has 2 aromatic carbocycles. The SMILES string of the molecule is Cc1cc(N=Nc2cnc(C(=O)Oc3ccc(F)cc3)nc2)cc(C)c1O. The van der Waals surface area contributed by atoms with E-state index in [1.807, 2.05) is 0 Å². The van der Waals surface area contributed by atoms with Crippen molar-refractivity contribution in [1.82, 2.24) is 9.97 Å². The monoisotopic (exact) mass is 366 g/mol. The van der Waals surface area contributed by atoms with Crippen LogP contribution < -0.4 is 4.74 Å². The Labute approximate surface area is 154 Å². The third-order valence-corrected chi connectivity index (χ3v) is 3.60. The number of carbonyl (C=O) groups is 1. The fourth-order valence-corrected chi connectivity index (χ4v) is 2.24. The number of rotatable bonds is 4. The van der Waals surface area contributed by atoms with Crippen molar-refractivity contribution in [1.29, 1.82) is 0 Å². The summed E-state index contributed by atoms with van der Waals surface area (Å²) in [5, 5.41) is 17.8. The van der Waals surface area contributed by atoms with Crippen LogP contribution in [0.25, 0.3) is 0 Å². The number of azo groups is 1. The van der Waals surface area contributed by atoms with Gasteiger partial charge in [-0.3, -0.25) is 0 Å². The second kappa shape index (κ2) is 7.69. The van der Waals surface area contributed by atoms with E-state index in [-0.39, 0.29) is 17.3 Å². The third kappa shape index (κ3) is 4.49. The van der Waals surface area contributed by atoms with Gasteiger partial charge in [-0.25, -0.2) is 19.2 Å². The van der Waals surface area contributed by atoms with Gasteiger partial charge in [0.1, 0.15) is 23.0 Å². The van der Waals surface area contributed by atoms with Gasteiger partial charge in [-0.05, 0) is 61.4 Å². The number of halogens is 1. The molecule has 136 valence electrons. The Morgan fingerprint density at radius 3 is 2.15 bits per heavy atom. The summed E-state index contributed by atoms with van der Waals surface area (Å²) in [5.74, 6) is -0.947.